The molecular weight excluding hydrogens is 447 g/mol. The van der Waals surface area contributed by atoms with Crippen molar-refractivity contribution in [3.05, 3.63) is 53.6 Å². The Kier molecular flexibility index (Phi) is 7.25. The van der Waals surface area contributed by atoms with Gasteiger partial charge in [0, 0.05) is 31.1 Å². The van der Waals surface area contributed by atoms with Gasteiger partial charge in [0.2, 0.25) is 5.91 Å². The van der Waals surface area contributed by atoms with Crippen molar-refractivity contribution < 1.29 is 18.7 Å². The molecule has 1 fully saturated rings. The lowest BCUT2D eigenvalue weighted by Gasteiger charge is -2.34. The van der Waals surface area contributed by atoms with Gasteiger partial charge in [-0.3, -0.25) is 4.79 Å². The third-order valence-corrected chi connectivity index (χ3v) is 6.30. The Morgan fingerprint density at radius 1 is 1.18 bits per heavy atom. The molecule has 1 aliphatic rings. The highest BCUT2D eigenvalue weighted by Crippen LogP contribution is 2.29. The monoisotopic (exact) mass is 472 g/mol. The van der Waals surface area contributed by atoms with E-state index in [1.165, 1.54) is 18.5 Å². The van der Waals surface area contributed by atoms with Gasteiger partial charge in [-0.25, -0.2) is 14.4 Å². The van der Waals surface area contributed by atoms with Crippen molar-refractivity contribution in [3.63, 3.8) is 0 Å². The molecule has 9 heteroatoms. The number of aromatic nitrogens is 2. The maximum Gasteiger partial charge on any atom is 0.219 e. The van der Waals surface area contributed by atoms with Gasteiger partial charge in [0.25, 0.3) is 0 Å². The van der Waals surface area contributed by atoms with Crippen LogP contribution in [0.2, 0.25) is 5.02 Å². The first-order chi connectivity index (χ1) is 15.9. The van der Waals surface area contributed by atoms with Crippen LogP contribution in [0.3, 0.4) is 0 Å². The molecule has 0 aliphatic heterocycles. The van der Waals surface area contributed by atoms with E-state index in [2.05, 4.69) is 15.3 Å². The lowest BCUT2D eigenvalue weighted by molar-refractivity contribution is -0.131. The van der Waals surface area contributed by atoms with Gasteiger partial charge in [0.15, 0.2) is 6.79 Å². The molecule has 1 N–H and O–H groups in total. The van der Waals surface area contributed by atoms with Crippen molar-refractivity contribution >= 4 is 39.9 Å². The number of nitrogens with zero attached hydrogens (tertiary/aromatic N) is 3. The first-order valence-electron chi connectivity index (χ1n) is 10.9. The van der Waals surface area contributed by atoms with Crippen LogP contribution in [0.5, 0.6) is 5.75 Å². The van der Waals surface area contributed by atoms with Crippen LogP contribution in [0.15, 0.2) is 42.7 Å². The zero-order valence-corrected chi connectivity index (χ0v) is 19.3. The van der Waals surface area contributed by atoms with Gasteiger partial charge >= 0.3 is 0 Å². The molecule has 2 aromatic carbocycles. The van der Waals surface area contributed by atoms with E-state index in [0.717, 1.165) is 36.6 Å². The van der Waals surface area contributed by atoms with E-state index < -0.39 is 5.82 Å². The van der Waals surface area contributed by atoms with Gasteiger partial charge in [0.05, 0.1) is 16.6 Å². The van der Waals surface area contributed by atoms with Gasteiger partial charge in [0.1, 0.15) is 23.7 Å². The Hall–Kier alpha value is -2.97. The van der Waals surface area contributed by atoms with Crippen LogP contribution >= 0.6 is 11.6 Å². The van der Waals surface area contributed by atoms with Crippen LogP contribution in [-0.2, 0) is 9.53 Å². The zero-order chi connectivity index (χ0) is 23.4. The molecular formula is C24H26ClFN4O3. The summed E-state index contributed by atoms with van der Waals surface area (Å²) in [5, 5.41) is 3.94. The summed E-state index contributed by atoms with van der Waals surface area (Å²) >= 11 is 5.88. The Morgan fingerprint density at radius 3 is 2.70 bits per heavy atom. The van der Waals surface area contributed by atoms with Crippen molar-refractivity contribution in [3.8, 4) is 5.75 Å². The Balaban J connectivity index is 1.36. The minimum absolute atomic E-state index is 0.0292. The number of carbonyl (C=O) groups is 1. The smallest absolute Gasteiger partial charge is 0.219 e. The van der Waals surface area contributed by atoms with E-state index in [1.54, 1.807) is 13.0 Å². The number of halogens is 2. The molecule has 0 atom stereocenters. The molecule has 1 saturated carbocycles. The summed E-state index contributed by atoms with van der Waals surface area (Å²) in [7, 11) is 1.86. The fourth-order valence-electron chi connectivity index (χ4n) is 3.99. The molecule has 1 aromatic heterocycles. The number of nitrogens with one attached hydrogen (secondary N) is 1. The largest absolute Gasteiger partial charge is 0.468 e. The fraction of sp³-hybridized carbons (Fsp3) is 0.375. The number of benzene rings is 2. The van der Waals surface area contributed by atoms with E-state index in [-0.39, 0.29) is 29.9 Å². The average Bonchev–Trinajstić information content (AvgIpc) is 2.82. The Morgan fingerprint density at radius 2 is 1.97 bits per heavy atom. The van der Waals surface area contributed by atoms with Gasteiger partial charge in [-0.15, -0.1) is 0 Å². The number of carbonyl (C=O) groups excluding carboxylic acids is 1. The van der Waals surface area contributed by atoms with Crippen LogP contribution in [-0.4, -0.2) is 46.8 Å². The predicted octanol–water partition coefficient (Wildman–Crippen LogP) is 5.31. The number of amides is 1. The van der Waals surface area contributed by atoms with Crippen LogP contribution in [0.4, 0.5) is 15.9 Å². The summed E-state index contributed by atoms with van der Waals surface area (Å²) in [6.07, 6.45) is 5.22. The third-order valence-electron chi connectivity index (χ3n) is 6.01. The number of anilines is 2. The number of rotatable bonds is 7. The van der Waals surface area contributed by atoms with Crippen molar-refractivity contribution in [1.82, 2.24) is 14.9 Å². The SMILES string of the molecule is CC(=O)N(C)[C@H]1CC[C@@H](OCOc2ccc3ncnc(Nc4ccc(F)c(Cl)c4)c3c2)CC1. The number of fused-ring (bicyclic) bond motifs is 1. The van der Waals surface area contributed by atoms with Crippen molar-refractivity contribution in [2.45, 2.75) is 44.8 Å². The molecule has 1 amide bonds. The van der Waals surface area contributed by atoms with E-state index in [1.807, 2.05) is 30.1 Å². The molecule has 1 heterocycles. The summed E-state index contributed by atoms with van der Waals surface area (Å²) in [4.78, 5) is 22.0. The normalized spacial score (nSPS) is 18.2. The molecule has 1 aliphatic carbocycles. The van der Waals surface area contributed by atoms with Gasteiger partial charge < -0.3 is 19.7 Å². The summed E-state index contributed by atoms with van der Waals surface area (Å²) in [5.74, 6) is 0.800. The third kappa shape index (κ3) is 5.69. The quantitative estimate of drug-likeness (QED) is 0.470. The molecule has 7 nitrogen and oxygen atoms in total. The van der Waals surface area contributed by atoms with Crippen molar-refractivity contribution in [2.24, 2.45) is 0 Å². The lowest BCUT2D eigenvalue weighted by Crippen LogP contribution is -2.39. The van der Waals surface area contributed by atoms with Crippen molar-refractivity contribution in [2.75, 3.05) is 19.2 Å². The van der Waals surface area contributed by atoms with Crippen LogP contribution in [0, 0.1) is 5.82 Å². The van der Waals surface area contributed by atoms with Crippen LogP contribution in [0.1, 0.15) is 32.6 Å². The molecule has 0 bridgehead atoms. The topological polar surface area (TPSA) is 76.6 Å². The highest BCUT2D eigenvalue weighted by molar-refractivity contribution is 6.31. The molecule has 0 spiro atoms. The summed E-state index contributed by atoms with van der Waals surface area (Å²) in [5.41, 5.74) is 1.35. The summed E-state index contributed by atoms with van der Waals surface area (Å²) < 4.78 is 25.2. The maximum absolute atomic E-state index is 13.5. The average molecular weight is 473 g/mol. The molecule has 0 saturated heterocycles. The zero-order valence-electron chi connectivity index (χ0n) is 18.6. The molecule has 33 heavy (non-hydrogen) atoms. The molecule has 0 unspecified atom stereocenters. The lowest BCUT2D eigenvalue weighted by atomic mass is 9.92. The van der Waals surface area contributed by atoms with E-state index in [9.17, 15) is 9.18 Å². The summed E-state index contributed by atoms with van der Waals surface area (Å²) in [6, 6.07) is 10.2. The second-order valence-electron chi connectivity index (χ2n) is 8.14. The van der Waals surface area contributed by atoms with Crippen LogP contribution < -0.4 is 10.1 Å². The highest BCUT2D eigenvalue weighted by Gasteiger charge is 2.25. The van der Waals surface area contributed by atoms with Gasteiger partial charge in [-0.2, -0.15) is 0 Å². The first kappa shape index (κ1) is 23.2. The van der Waals surface area contributed by atoms with E-state index in [4.69, 9.17) is 21.1 Å². The van der Waals surface area contributed by atoms with Crippen LogP contribution in [0.25, 0.3) is 10.9 Å². The maximum atomic E-state index is 13.5. The fourth-order valence-corrected chi connectivity index (χ4v) is 4.17. The second kappa shape index (κ2) is 10.3. The minimum Gasteiger partial charge on any atom is -0.468 e. The molecule has 3 aromatic rings. The second-order valence-corrected chi connectivity index (χ2v) is 8.55. The standard InChI is InChI=1S/C24H26ClFN4O3/c1-15(31)30(2)17-4-6-18(7-5-17)32-14-33-19-8-10-23-20(12-19)24(28-13-27-23)29-16-3-9-22(26)21(25)11-16/h3,8-13,17-18H,4-7,14H2,1-2H3,(H,27,28,29)/t17-,18+. The molecule has 4 rings (SSSR count). The first-order valence-corrected chi connectivity index (χ1v) is 11.2. The Labute approximate surface area is 196 Å². The Bertz CT molecular complexity index is 1140. The number of ether oxygens (including phenoxy) is 2. The number of hydrogen-bond donors (Lipinski definition) is 1. The highest BCUT2D eigenvalue weighted by atomic mass is 35.5. The number of hydrogen-bond acceptors (Lipinski definition) is 6. The van der Waals surface area contributed by atoms with Gasteiger partial charge in [-0.05, 0) is 62.1 Å². The predicted molar refractivity (Wildman–Crippen MR) is 125 cm³/mol. The van der Waals surface area contributed by atoms with Gasteiger partial charge in [-0.1, -0.05) is 11.6 Å². The summed E-state index contributed by atoms with van der Waals surface area (Å²) in [6.45, 7) is 1.73. The van der Waals surface area contributed by atoms with Crippen molar-refractivity contribution in [1.29, 1.82) is 0 Å². The molecule has 174 valence electrons. The minimum atomic E-state index is -0.482. The van der Waals surface area contributed by atoms with E-state index >= 15 is 0 Å². The molecule has 0 radical (unpaired) electrons. The van der Waals surface area contributed by atoms with E-state index in [0.29, 0.717) is 17.3 Å².